The maximum atomic E-state index is 13.1. The van der Waals surface area contributed by atoms with Gasteiger partial charge in [-0.25, -0.2) is 4.98 Å². The van der Waals surface area contributed by atoms with Gasteiger partial charge in [-0.15, -0.1) is 0 Å². The van der Waals surface area contributed by atoms with Crippen molar-refractivity contribution in [2.75, 3.05) is 0 Å². The monoisotopic (exact) mass is 332 g/mol. The van der Waals surface area contributed by atoms with E-state index in [9.17, 15) is 18.0 Å². The van der Waals surface area contributed by atoms with Crippen molar-refractivity contribution in [3.05, 3.63) is 47.5 Å². The largest absolute Gasteiger partial charge is 0.412 e. The molecule has 9 heteroatoms. The Morgan fingerprint density at radius 1 is 1.32 bits per heavy atom. The Balaban J connectivity index is 2.03. The number of nitrogens with one attached hydrogen (secondary N) is 1. The molecule has 2 rings (SSSR count). The fourth-order valence-corrected chi connectivity index (χ4v) is 1.93. The van der Waals surface area contributed by atoms with E-state index in [2.05, 4.69) is 10.1 Å². The summed E-state index contributed by atoms with van der Waals surface area (Å²) in [5.74, 6) is -0.729. The summed E-state index contributed by atoms with van der Waals surface area (Å²) in [4.78, 5) is 15.4. The molecule has 2 aromatic rings. The fraction of sp³-hybridized carbons (Fsp3) is 0.308. The van der Waals surface area contributed by atoms with Crippen molar-refractivity contribution in [1.82, 2.24) is 20.1 Å². The Hall–Kier alpha value is -2.09. The number of halogens is 4. The lowest BCUT2D eigenvalue weighted by Gasteiger charge is -2.22. The topological polar surface area (TPSA) is 59.8 Å². The Morgan fingerprint density at radius 3 is 2.55 bits per heavy atom. The SMILES string of the molecule is O=C(CCn1cncn1)N[C@H](c1ccc(Cl)cc1)C(F)(F)F. The predicted molar refractivity (Wildman–Crippen MR) is 73.0 cm³/mol. The van der Waals surface area contributed by atoms with Crippen LogP contribution in [-0.4, -0.2) is 26.8 Å². The number of hydrogen-bond donors (Lipinski definition) is 1. The molecule has 118 valence electrons. The lowest BCUT2D eigenvalue weighted by atomic mass is 10.1. The van der Waals surface area contributed by atoms with Crippen LogP contribution in [0.1, 0.15) is 18.0 Å². The number of amides is 1. The zero-order valence-corrected chi connectivity index (χ0v) is 12.0. The molecule has 0 aliphatic heterocycles. The van der Waals surface area contributed by atoms with E-state index in [0.29, 0.717) is 5.02 Å². The van der Waals surface area contributed by atoms with Gasteiger partial charge in [0.25, 0.3) is 0 Å². The van der Waals surface area contributed by atoms with E-state index in [1.807, 2.05) is 5.32 Å². The van der Waals surface area contributed by atoms with Gasteiger partial charge in [0.15, 0.2) is 6.04 Å². The summed E-state index contributed by atoms with van der Waals surface area (Å²) in [5.41, 5.74) is -0.0778. The van der Waals surface area contributed by atoms with Crippen molar-refractivity contribution in [2.24, 2.45) is 0 Å². The number of alkyl halides is 3. The number of carbonyl (C=O) groups excluding carboxylic acids is 1. The van der Waals surface area contributed by atoms with Gasteiger partial charge in [-0.2, -0.15) is 18.3 Å². The first-order chi connectivity index (χ1) is 10.4. The van der Waals surface area contributed by atoms with Crippen molar-refractivity contribution in [2.45, 2.75) is 25.2 Å². The molecule has 1 amide bonds. The van der Waals surface area contributed by atoms with Crippen LogP contribution in [0.25, 0.3) is 0 Å². The molecule has 5 nitrogen and oxygen atoms in total. The fourth-order valence-electron chi connectivity index (χ4n) is 1.81. The molecule has 0 saturated carbocycles. The third kappa shape index (κ3) is 4.45. The van der Waals surface area contributed by atoms with E-state index >= 15 is 0 Å². The van der Waals surface area contributed by atoms with Crippen LogP contribution in [0.4, 0.5) is 13.2 Å². The minimum absolute atomic E-state index is 0.0778. The highest BCUT2D eigenvalue weighted by atomic mass is 35.5. The van der Waals surface area contributed by atoms with Gasteiger partial charge >= 0.3 is 6.18 Å². The maximum absolute atomic E-state index is 13.1. The third-order valence-electron chi connectivity index (χ3n) is 2.87. The Morgan fingerprint density at radius 2 is 2.00 bits per heavy atom. The maximum Gasteiger partial charge on any atom is 0.412 e. The first-order valence-corrected chi connectivity index (χ1v) is 6.68. The summed E-state index contributed by atoms with van der Waals surface area (Å²) in [6.07, 6.45) is -2.07. The quantitative estimate of drug-likeness (QED) is 0.916. The summed E-state index contributed by atoms with van der Waals surface area (Å²) >= 11 is 5.66. The molecule has 0 radical (unpaired) electrons. The highest BCUT2D eigenvalue weighted by Gasteiger charge is 2.41. The number of aromatic nitrogens is 3. The van der Waals surface area contributed by atoms with Gasteiger partial charge in [-0.1, -0.05) is 23.7 Å². The van der Waals surface area contributed by atoms with Gasteiger partial charge in [0, 0.05) is 11.4 Å². The average molecular weight is 333 g/mol. The van der Waals surface area contributed by atoms with Crippen LogP contribution in [0.2, 0.25) is 5.02 Å². The van der Waals surface area contributed by atoms with Crippen molar-refractivity contribution < 1.29 is 18.0 Å². The molecular weight excluding hydrogens is 321 g/mol. The summed E-state index contributed by atoms with van der Waals surface area (Å²) in [7, 11) is 0. The van der Waals surface area contributed by atoms with Crippen LogP contribution in [0.5, 0.6) is 0 Å². The van der Waals surface area contributed by atoms with Crippen molar-refractivity contribution in [1.29, 1.82) is 0 Å². The lowest BCUT2D eigenvalue weighted by molar-refractivity contribution is -0.163. The molecule has 0 spiro atoms. The Kier molecular flexibility index (Phi) is 5.02. The van der Waals surface area contributed by atoms with Crippen LogP contribution >= 0.6 is 11.6 Å². The summed E-state index contributed by atoms with van der Waals surface area (Å²) in [5, 5.41) is 6.08. The van der Waals surface area contributed by atoms with Gasteiger partial charge < -0.3 is 5.32 Å². The van der Waals surface area contributed by atoms with Crippen molar-refractivity contribution in [3.63, 3.8) is 0 Å². The van der Waals surface area contributed by atoms with E-state index in [0.717, 1.165) is 0 Å². The van der Waals surface area contributed by atoms with Gasteiger partial charge in [-0.3, -0.25) is 9.48 Å². The van der Waals surface area contributed by atoms with Crippen LogP contribution in [0.15, 0.2) is 36.9 Å². The minimum Gasteiger partial charge on any atom is -0.341 e. The summed E-state index contributed by atoms with van der Waals surface area (Å²) < 4.78 is 40.7. The van der Waals surface area contributed by atoms with E-state index in [1.165, 1.54) is 41.6 Å². The van der Waals surface area contributed by atoms with Gasteiger partial charge in [0.1, 0.15) is 12.7 Å². The molecule has 0 bridgehead atoms. The van der Waals surface area contributed by atoms with E-state index in [1.54, 1.807) is 0 Å². The van der Waals surface area contributed by atoms with Crippen molar-refractivity contribution >= 4 is 17.5 Å². The zero-order chi connectivity index (χ0) is 16.2. The molecule has 1 aromatic heterocycles. The first kappa shape index (κ1) is 16.3. The van der Waals surface area contributed by atoms with Gasteiger partial charge in [0.2, 0.25) is 5.91 Å². The molecule has 0 fully saturated rings. The smallest absolute Gasteiger partial charge is 0.341 e. The normalized spacial score (nSPS) is 12.9. The Labute approximate surface area is 129 Å². The summed E-state index contributed by atoms with van der Waals surface area (Å²) in [6.45, 7) is 0.150. The number of carbonyl (C=O) groups is 1. The van der Waals surface area contributed by atoms with E-state index in [-0.39, 0.29) is 18.5 Å². The second-order valence-electron chi connectivity index (χ2n) is 4.50. The molecule has 0 saturated heterocycles. The number of aryl methyl sites for hydroxylation is 1. The highest BCUT2D eigenvalue weighted by Crippen LogP contribution is 2.33. The number of nitrogens with zero attached hydrogens (tertiary/aromatic N) is 3. The van der Waals surface area contributed by atoms with Crippen LogP contribution in [0, 0.1) is 0 Å². The molecule has 1 atom stereocenters. The molecule has 1 heterocycles. The van der Waals surface area contributed by atoms with Crippen LogP contribution in [-0.2, 0) is 11.3 Å². The molecule has 0 unspecified atom stereocenters. The first-order valence-electron chi connectivity index (χ1n) is 6.30. The van der Waals surface area contributed by atoms with Crippen LogP contribution in [0.3, 0.4) is 0 Å². The van der Waals surface area contributed by atoms with Gasteiger partial charge in [-0.05, 0) is 17.7 Å². The average Bonchev–Trinajstić information content (AvgIpc) is 2.96. The van der Waals surface area contributed by atoms with E-state index in [4.69, 9.17) is 11.6 Å². The molecule has 1 N–H and O–H groups in total. The minimum atomic E-state index is -4.60. The standard InChI is InChI=1S/C13H12ClF3N4O/c14-10-3-1-9(2-4-10)12(13(15,16)17)20-11(22)5-6-21-8-18-7-19-21/h1-4,7-8,12H,5-6H2,(H,20,22)/t12-/m1/s1. The number of rotatable bonds is 5. The molecule has 22 heavy (non-hydrogen) atoms. The number of hydrogen-bond acceptors (Lipinski definition) is 3. The zero-order valence-electron chi connectivity index (χ0n) is 11.2. The summed E-state index contributed by atoms with van der Waals surface area (Å²) in [6, 6.07) is 3.08. The van der Waals surface area contributed by atoms with Crippen LogP contribution < -0.4 is 5.32 Å². The molecule has 1 aromatic carbocycles. The number of benzene rings is 1. The molecule has 0 aliphatic rings. The Bertz CT molecular complexity index is 613. The molecule has 0 aliphatic carbocycles. The molecular formula is C13H12ClF3N4O. The highest BCUT2D eigenvalue weighted by molar-refractivity contribution is 6.30. The van der Waals surface area contributed by atoms with Gasteiger partial charge in [0.05, 0.1) is 6.54 Å². The lowest BCUT2D eigenvalue weighted by Crippen LogP contribution is -2.38. The predicted octanol–water partition coefficient (Wildman–Crippen LogP) is 2.74. The van der Waals surface area contributed by atoms with Crippen molar-refractivity contribution in [3.8, 4) is 0 Å². The second-order valence-corrected chi connectivity index (χ2v) is 4.94. The third-order valence-corrected chi connectivity index (χ3v) is 3.12. The second kappa shape index (κ2) is 6.78. The van der Waals surface area contributed by atoms with E-state index < -0.39 is 18.1 Å².